The van der Waals surface area contributed by atoms with E-state index >= 15 is 0 Å². The lowest BCUT2D eigenvalue weighted by molar-refractivity contribution is 0.0342. The van der Waals surface area contributed by atoms with Gasteiger partial charge in [-0.3, -0.25) is 9.69 Å². The van der Waals surface area contributed by atoms with Crippen molar-refractivity contribution in [2.75, 3.05) is 44.3 Å². The molecule has 2 N–H and O–H groups in total. The first kappa shape index (κ1) is 14.4. The first-order chi connectivity index (χ1) is 10.3. The maximum atomic E-state index is 11.8. The molecule has 0 bridgehead atoms. The highest BCUT2D eigenvalue weighted by atomic mass is 16.5. The first-order valence-corrected chi connectivity index (χ1v) is 7.72. The van der Waals surface area contributed by atoms with E-state index in [0.717, 1.165) is 51.6 Å². The Balaban J connectivity index is 1.90. The van der Waals surface area contributed by atoms with Gasteiger partial charge in [0.2, 0.25) is 0 Å². The van der Waals surface area contributed by atoms with Crippen LogP contribution < -0.4 is 10.6 Å². The van der Waals surface area contributed by atoms with Crippen molar-refractivity contribution >= 4 is 11.6 Å². The van der Waals surface area contributed by atoms with Crippen LogP contribution in [0.2, 0.25) is 0 Å². The third kappa shape index (κ3) is 3.19. The summed E-state index contributed by atoms with van der Waals surface area (Å²) in [6.45, 7) is 6.35. The van der Waals surface area contributed by atoms with Crippen LogP contribution in [0.3, 0.4) is 0 Å². The van der Waals surface area contributed by atoms with Gasteiger partial charge in [-0.1, -0.05) is 12.1 Å². The molecule has 21 heavy (non-hydrogen) atoms. The number of carbonyl (C=O) groups excluding carboxylic acids is 1. The number of hydrogen-bond acceptors (Lipinski definition) is 4. The average Bonchev–Trinajstić information content (AvgIpc) is 3.02. The topological polar surface area (TPSA) is 58.8 Å². The molecule has 2 saturated heterocycles. The third-order valence-electron chi connectivity index (χ3n) is 4.30. The molecule has 0 saturated carbocycles. The van der Waals surface area contributed by atoms with E-state index in [0.29, 0.717) is 5.56 Å². The van der Waals surface area contributed by atoms with Crippen LogP contribution in [-0.2, 0) is 11.3 Å². The number of para-hydroxylation sites is 1. The number of amides is 1. The number of nitrogens with two attached hydrogens (primary N) is 1. The van der Waals surface area contributed by atoms with Gasteiger partial charge in [-0.05, 0) is 24.5 Å². The van der Waals surface area contributed by atoms with E-state index in [1.54, 1.807) is 0 Å². The molecule has 2 aliphatic rings. The summed E-state index contributed by atoms with van der Waals surface area (Å²) in [7, 11) is 0. The number of rotatable bonds is 4. The van der Waals surface area contributed by atoms with Crippen LogP contribution in [0.4, 0.5) is 5.69 Å². The number of primary amides is 1. The molecule has 0 aliphatic carbocycles. The molecule has 2 heterocycles. The molecular weight excluding hydrogens is 266 g/mol. The smallest absolute Gasteiger partial charge is 0.250 e. The van der Waals surface area contributed by atoms with Gasteiger partial charge in [0.25, 0.3) is 5.91 Å². The third-order valence-corrected chi connectivity index (χ3v) is 4.30. The minimum Gasteiger partial charge on any atom is -0.379 e. The Morgan fingerprint density at radius 2 is 1.86 bits per heavy atom. The number of anilines is 1. The van der Waals surface area contributed by atoms with Crippen molar-refractivity contribution in [2.45, 2.75) is 19.4 Å². The van der Waals surface area contributed by atoms with E-state index in [-0.39, 0.29) is 5.91 Å². The Hall–Kier alpha value is -1.59. The predicted octanol–water partition coefficient (Wildman–Crippen LogP) is 1.22. The van der Waals surface area contributed by atoms with Gasteiger partial charge in [0.15, 0.2) is 0 Å². The highest BCUT2D eigenvalue weighted by molar-refractivity contribution is 5.99. The van der Waals surface area contributed by atoms with Crippen molar-refractivity contribution in [2.24, 2.45) is 5.73 Å². The Kier molecular flexibility index (Phi) is 4.41. The van der Waals surface area contributed by atoms with Crippen molar-refractivity contribution in [3.8, 4) is 0 Å². The predicted molar refractivity (Wildman–Crippen MR) is 82.5 cm³/mol. The molecule has 114 valence electrons. The van der Waals surface area contributed by atoms with Crippen LogP contribution in [0.15, 0.2) is 18.2 Å². The second kappa shape index (κ2) is 6.45. The molecule has 0 radical (unpaired) electrons. The Bertz CT molecular complexity index is 506. The summed E-state index contributed by atoms with van der Waals surface area (Å²) >= 11 is 0. The van der Waals surface area contributed by atoms with Crippen molar-refractivity contribution in [3.63, 3.8) is 0 Å². The second-order valence-electron chi connectivity index (χ2n) is 5.76. The highest BCUT2D eigenvalue weighted by Gasteiger charge is 2.23. The van der Waals surface area contributed by atoms with Gasteiger partial charge in [0.1, 0.15) is 0 Å². The fourth-order valence-corrected chi connectivity index (χ4v) is 3.23. The summed E-state index contributed by atoms with van der Waals surface area (Å²) in [5, 5.41) is 0. The largest absolute Gasteiger partial charge is 0.379 e. The molecule has 0 spiro atoms. The maximum Gasteiger partial charge on any atom is 0.250 e. The molecule has 5 heteroatoms. The van der Waals surface area contributed by atoms with Crippen LogP contribution in [-0.4, -0.2) is 50.2 Å². The SMILES string of the molecule is NC(=O)c1cccc(CN2CCOCC2)c1N1CCCC1. The van der Waals surface area contributed by atoms with Crippen molar-refractivity contribution in [1.29, 1.82) is 0 Å². The minimum atomic E-state index is -0.333. The molecule has 1 aromatic rings. The van der Waals surface area contributed by atoms with E-state index in [1.807, 2.05) is 12.1 Å². The number of ether oxygens (including phenoxy) is 1. The van der Waals surface area contributed by atoms with Gasteiger partial charge in [-0.2, -0.15) is 0 Å². The van der Waals surface area contributed by atoms with E-state index < -0.39 is 0 Å². The molecular formula is C16H23N3O2. The quantitative estimate of drug-likeness (QED) is 0.905. The summed E-state index contributed by atoms with van der Waals surface area (Å²) < 4.78 is 5.40. The van der Waals surface area contributed by atoms with E-state index in [4.69, 9.17) is 10.5 Å². The molecule has 2 fully saturated rings. The fraction of sp³-hybridized carbons (Fsp3) is 0.562. The number of benzene rings is 1. The van der Waals surface area contributed by atoms with Crippen LogP contribution in [0.5, 0.6) is 0 Å². The van der Waals surface area contributed by atoms with Crippen LogP contribution >= 0.6 is 0 Å². The van der Waals surface area contributed by atoms with Gasteiger partial charge in [-0.15, -0.1) is 0 Å². The molecule has 5 nitrogen and oxygen atoms in total. The standard InChI is InChI=1S/C16H23N3O2/c17-16(20)14-5-3-4-13(12-18-8-10-21-11-9-18)15(14)19-6-1-2-7-19/h3-5H,1-2,6-12H2,(H2,17,20). The van der Waals surface area contributed by atoms with Gasteiger partial charge >= 0.3 is 0 Å². The van der Waals surface area contributed by atoms with Gasteiger partial charge in [0.05, 0.1) is 24.5 Å². The number of nitrogens with zero attached hydrogens (tertiary/aromatic N) is 2. The zero-order valence-corrected chi connectivity index (χ0v) is 12.4. The van der Waals surface area contributed by atoms with Gasteiger partial charge < -0.3 is 15.4 Å². The van der Waals surface area contributed by atoms with Crippen molar-refractivity contribution < 1.29 is 9.53 Å². The molecule has 0 atom stereocenters. The Labute approximate surface area is 125 Å². The second-order valence-corrected chi connectivity index (χ2v) is 5.76. The average molecular weight is 289 g/mol. The summed E-state index contributed by atoms with van der Waals surface area (Å²) in [5.74, 6) is -0.333. The lowest BCUT2D eigenvalue weighted by Gasteiger charge is -2.30. The van der Waals surface area contributed by atoms with Crippen LogP contribution in [0.1, 0.15) is 28.8 Å². The normalized spacial score (nSPS) is 19.9. The van der Waals surface area contributed by atoms with Gasteiger partial charge in [0, 0.05) is 32.7 Å². The van der Waals surface area contributed by atoms with Crippen molar-refractivity contribution in [1.82, 2.24) is 4.90 Å². The molecule has 2 aliphatic heterocycles. The summed E-state index contributed by atoms with van der Waals surface area (Å²) in [6, 6.07) is 5.91. The molecule has 1 aromatic carbocycles. The van der Waals surface area contributed by atoms with Crippen LogP contribution in [0, 0.1) is 0 Å². The summed E-state index contributed by atoms with van der Waals surface area (Å²) in [5.41, 5.74) is 8.49. The first-order valence-electron chi connectivity index (χ1n) is 7.72. The molecule has 0 unspecified atom stereocenters. The lowest BCUT2D eigenvalue weighted by Crippen LogP contribution is -2.36. The molecule has 0 aromatic heterocycles. The number of carbonyl (C=O) groups is 1. The van der Waals surface area contributed by atoms with E-state index in [2.05, 4.69) is 15.9 Å². The number of hydrogen-bond donors (Lipinski definition) is 1. The minimum absolute atomic E-state index is 0.333. The van der Waals surface area contributed by atoms with Gasteiger partial charge in [-0.25, -0.2) is 0 Å². The number of morpholine rings is 1. The summed E-state index contributed by atoms with van der Waals surface area (Å²) in [4.78, 5) is 16.5. The van der Waals surface area contributed by atoms with Crippen LogP contribution in [0.25, 0.3) is 0 Å². The lowest BCUT2D eigenvalue weighted by atomic mass is 10.0. The molecule has 1 amide bonds. The monoisotopic (exact) mass is 289 g/mol. The zero-order chi connectivity index (χ0) is 14.7. The maximum absolute atomic E-state index is 11.8. The highest BCUT2D eigenvalue weighted by Crippen LogP contribution is 2.30. The van der Waals surface area contributed by atoms with E-state index in [1.165, 1.54) is 18.4 Å². The zero-order valence-electron chi connectivity index (χ0n) is 12.4. The van der Waals surface area contributed by atoms with E-state index in [9.17, 15) is 4.79 Å². The molecule has 3 rings (SSSR count). The Morgan fingerprint density at radius 1 is 1.14 bits per heavy atom. The Morgan fingerprint density at radius 3 is 2.52 bits per heavy atom. The van der Waals surface area contributed by atoms with Crippen molar-refractivity contribution in [3.05, 3.63) is 29.3 Å². The fourth-order valence-electron chi connectivity index (χ4n) is 3.23. The summed E-state index contributed by atoms with van der Waals surface area (Å²) in [6.07, 6.45) is 2.37.